The number of aliphatic hydroxyl groups is 1. The molecule has 3 nitrogen and oxygen atoms in total. The highest BCUT2D eigenvalue weighted by atomic mass is 16.5. The van der Waals surface area contributed by atoms with Gasteiger partial charge in [0.2, 0.25) is 0 Å². The number of ether oxygens (including phenoxy) is 2. The summed E-state index contributed by atoms with van der Waals surface area (Å²) in [6.07, 6.45) is 6.08. The van der Waals surface area contributed by atoms with E-state index in [0.29, 0.717) is 12.5 Å². The Kier molecular flexibility index (Phi) is 5.50. The van der Waals surface area contributed by atoms with E-state index in [1.54, 1.807) is 12.7 Å². The van der Waals surface area contributed by atoms with E-state index in [1.165, 1.54) is 0 Å². The second-order valence-corrected chi connectivity index (χ2v) is 9.19. The van der Waals surface area contributed by atoms with Gasteiger partial charge in [-0.1, -0.05) is 51.5 Å². The first-order valence-corrected chi connectivity index (χ1v) is 9.88. The quantitative estimate of drug-likeness (QED) is 0.759. The number of hydrogen-bond acceptors (Lipinski definition) is 3. The van der Waals surface area contributed by atoms with E-state index in [-0.39, 0.29) is 16.9 Å². The second-order valence-electron chi connectivity index (χ2n) is 9.19. The molecule has 1 aromatic rings. The van der Waals surface area contributed by atoms with Crippen LogP contribution in [0.25, 0.3) is 0 Å². The zero-order chi connectivity index (χ0) is 18.9. The lowest BCUT2D eigenvalue weighted by Gasteiger charge is -2.42. The van der Waals surface area contributed by atoms with Crippen LogP contribution in [0.15, 0.2) is 35.9 Å². The molecule has 0 amide bonds. The lowest BCUT2D eigenvalue weighted by atomic mass is 9.71. The Hall–Kier alpha value is -1.32. The van der Waals surface area contributed by atoms with Crippen molar-refractivity contribution >= 4 is 0 Å². The van der Waals surface area contributed by atoms with Gasteiger partial charge in [0.25, 0.3) is 0 Å². The average molecular weight is 359 g/mol. The molecular weight excluding hydrogens is 324 g/mol. The number of allylic oxidation sites excluding steroid dienone is 2. The molecule has 0 spiro atoms. The van der Waals surface area contributed by atoms with Gasteiger partial charge in [0.1, 0.15) is 5.75 Å². The molecule has 3 heteroatoms. The third-order valence-electron chi connectivity index (χ3n) is 6.77. The van der Waals surface area contributed by atoms with E-state index in [2.05, 4.69) is 33.8 Å². The summed E-state index contributed by atoms with van der Waals surface area (Å²) < 4.78 is 11.7. The maximum absolute atomic E-state index is 11.3. The molecule has 2 aliphatic rings. The van der Waals surface area contributed by atoms with Gasteiger partial charge in [-0.2, -0.15) is 0 Å². The minimum Gasteiger partial charge on any atom is -0.497 e. The summed E-state index contributed by atoms with van der Waals surface area (Å²) >= 11 is 0. The van der Waals surface area contributed by atoms with Crippen molar-refractivity contribution in [2.75, 3.05) is 7.11 Å². The van der Waals surface area contributed by atoms with Crippen molar-refractivity contribution in [3.05, 3.63) is 41.5 Å². The maximum atomic E-state index is 11.3. The molecule has 144 valence electrons. The minimum atomic E-state index is -0.462. The summed E-state index contributed by atoms with van der Waals surface area (Å²) in [6.45, 7) is 9.52. The standard InChI is InChI=1S/C23H34O3/c1-22(2)14-6-7-17-10-13-19(23(17,3)4)20(21(22)24)26-15-16-8-11-18(25-5)12-9-16/h7-9,11-12,19-21,24H,6,10,13-15H2,1-5H3/b17-7-/t19-,20-,21-/m1/s1. The number of rotatable bonds is 4. The molecule has 2 aliphatic carbocycles. The number of fused-ring (bicyclic) bond motifs is 2. The Balaban J connectivity index is 1.83. The Bertz CT molecular complexity index is 642. The monoisotopic (exact) mass is 358 g/mol. The van der Waals surface area contributed by atoms with E-state index in [0.717, 1.165) is 37.0 Å². The van der Waals surface area contributed by atoms with Crippen molar-refractivity contribution in [3.8, 4) is 5.75 Å². The summed E-state index contributed by atoms with van der Waals surface area (Å²) in [5.74, 6) is 1.20. The smallest absolute Gasteiger partial charge is 0.118 e. The number of aliphatic hydroxyl groups excluding tert-OH is 1. The third kappa shape index (κ3) is 3.70. The van der Waals surface area contributed by atoms with Gasteiger partial charge in [-0.05, 0) is 60.1 Å². The van der Waals surface area contributed by atoms with Gasteiger partial charge in [-0.15, -0.1) is 0 Å². The molecule has 0 aromatic heterocycles. The van der Waals surface area contributed by atoms with Crippen LogP contribution in [-0.4, -0.2) is 24.4 Å². The third-order valence-corrected chi connectivity index (χ3v) is 6.77. The number of hydrogen-bond donors (Lipinski definition) is 1. The summed E-state index contributed by atoms with van der Waals surface area (Å²) in [5.41, 5.74) is 2.60. The molecule has 1 fully saturated rings. The molecule has 0 heterocycles. The van der Waals surface area contributed by atoms with Gasteiger partial charge in [0.05, 0.1) is 25.9 Å². The Morgan fingerprint density at radius 3 is 2.46 bits per heavy atom. The molecule has 0 unspecified atom stereocenters. The highest BCUT2D eigenvalue weighted by Crippen LogP contribution is 2.52. The van der Waals surface area contributed by atoms with Crippen LogP contribution in [0.3, 0.4) is 0 Å². The van der Waals surface area contributed by atoms with Crippen molar-refractivity contribution in [2.24, 2.45) is 16.7 Å². The van der Waals surface area contributed by atoms with Crippen LogP contribution in [0.1, 0.15) is 58.9 Å². The largest absolute Gasteiger partial charge is 0.497 e. The van der Waals surface area contributed by atoms with Crippen LogP contribution < -0.4 is 4.74 Å². The van der Waals surface area contributed by atoms with Gasteiger partial charge in [0, 0.05) is 0 Å². The van der Waals surface area contributed by atoms with Crippen molar-refractivity contribution in [3.63, 3.8) is 0 Å². The SMILES string of the molecule is COc1ccc(CO[C@H]2[C@@H](O)C(C)(C)CC/C=C3/CC[C@H]2C3(C)C)cc1. The fourth-order valence-electron chi connectivity index (χ4n) is 4.72. The second kappa shape index (κ2) is 7.36. The van der Waals surface area contributed by atoms with E-state index < -0.39 is 6.10 Å². The van der Waals surface area contributed by atoms with Gasteiger partial charge < -0.3 is 14.6 Å². The molecule has 0 saturated heterocycles. The maximum Gasteiger partial charge on any atom is 0.118 e. The molecule has 1 N–H and O–H groups in total. The zero-order valence-corrected chi connectivity index (χ0v) is 16.9. The van der Waals surface area contributed by atoms with Crippen LogP contribution in [0, 0.1) is 16.7 Å². The topological polar surface area (TPSA) is 38.7 Å². The lowest BCUT2D eigenvalue weighted by Crippen LogP contribution is -2.47. The molecule has 0 aliphatic heterocycles. The predicted molar refractivity (Wildman–Crippen MR) is 105 cm³/mol. The van der Waals surface area contributed by atoms with Gasteiger partial charge in [0.15, 0.2) is 0 Å². The average Bonchev–Trinajstić information content (AvgIpc) is 2.90. The van der Waals surface area contributed by atoms with Gasteiger partial charge >= 0.3 is 0 Å². The zero-order valence-electron chi connectivity index (χ0n) is 16.9. The van der Waals surface area contributed by atoms with Crippen LogP contribution >= 0.6 is 0 Å². The first kappa shape index (κ1) is 19.4. The van der Waals surface area contributed by atoms with Crippen molar-refractivity contribution in [1.82, 2.24) is 0 Å². The van der Waals surface area contributed by atoms with Crippen LogP contribution in [0.5, 0.6) is 5.75 Å². The van der Waals surface area contributed by atoms with Crippen LogP contribution in [0.2, 0.25) is 0 Å². The summed E-state index contributed by atoms with van der Waals surface area (Å²) in [6, 6.07) is 8.00. The fraction of sp³-hybridized carbons (Fsp3) is 0.652. The lowest BCUT2D eigenvalue weighted by molar-refractivity contribution is -0.131. The molecule has 0 radical (unpaired) electrons. The molecule has 2 bridgehead atoms. The minimum absolute atomic E-state index is 0.0893. The van der Waals surface area contributed by atoms with Gasteiger partial charge in [-0.3, -0.25) is 0 Å². The summed E-state index contributed by atoms with van der Waals surface area (Å²) in [7, 11) is 1.68. The molecule has 26 heavy (non-hydrogen) atoms. The Morgan fingerprint density at radius 2 is 1.81 bits per heavy atom. The van der Waals surface area contributed by atoms with E-state index in [4.69, 9.17) is 9.47 Å². The van der Waals surface area contributed by atoms with Crippen LogP contribution in [0.4, 0.5) is 0 Å². The molecule has 3 atom stereocenters. The van der Waals surface area contributed by atoms with Crippen molar-refractivity contribution in [1.29, 1.82) is 0 Å². The fourth-order valence-corrected chi connectivity index (χ4v) is 4.72. The number of methoxy groups -OCH3 is 1. The Labute approximate surface area is 158 Å². The van der Waals surface area contributed by atoms with Crippen LogP contribution in [-0.2, 0) is 11.3 Å². The van der Waals surface area contributed by atoms with E-state index in [1.807, 2.05) is 24.3 Å². The molecule has 1 aromatic carbocycles. The molecule has 1 saturated carbocycles. The van der Waals surface area contributed by atoms with Crippen molar-refractivity contribution < 1.29 is 14.6 Å². The predicted octanol–water partition coefficient (Wildman–Crippen LogP) is 5.12. The van der Waals surface area contributed by atoms with E-state index >= 15 is 0 Å². The number of benzene rings is 1. The highest BCUT2D eigenvalue weighted by molar-refractivity contribution is 5.27. The normalized spacial score (nSPS) is 32.1. The molecular formula is C23H34O3. The first-order chi connectivity index (χ1) is 12.3. The summed E-state index contributed by atoms with van der Waals surface area (Å²) in [5, 5.41) is 11.3. The van der Waals surface area contributed by atoms with Crippen molar-refractivity contribution in [2.45, 2.75) is 72.2 Å². The Morgan fingerprint density at radius 1 is 1.12 bits per heavy atom. The molecule has 3 rings (SSSR count). The summed E-state index contributed by atoms with van der Waals surface area (Å²) in [4.78, 5) is 0. The van der Waals surface area contributed by atoms with Gasteiger partial charge in [-0.25, -0.2) is 0 Å². The van der Waals surface area contributed by atoms with E-state index in [9.17, 15) is 5.11 Å². The first-order valence-electron chi connectivity index (χ1n) is 9.88. The highest BCUT2D eigenvalue weighted by Gasteiger charge is 2.49.